The Morgan fingerprint density at radius 2 is 1.57 bits per heavy atom. The Kier molecular flexibility index (Phi) is 18.3. The van der Waals surface area contributed by atoms with Gasteiger partial charge < -0.3 is 36.2 Å². The Morgan fingerprint density at radius 1 is 1.13 bits per heavy atom. The molecule has 0 heterocycles. The van der Waals surface area contributed by atoms with Gasteiger partial charge in [0.15, 0.2) is 0 Å². The molecule has 0 unspecified atom stereocenters. The van der Waals surface area contributed by atoms with Crippen molar-refractivity contribution < 1.29 is 39.5 Å². The van der Waals surface area contributed by atoms with Crippen LogP contribution in [0.4, 0.5) is 9.59 Å². The molecule has 0 radical (unpaired) electrons. The number of primary amides is 1. The highest BCUT2D eigenvalue weighted by Crippen LogP contribution is 2.20. The summed E-state index contributed by atoms with van der Waals surface area (Å²) >= 11 is 0. The van der Waals surface area contributed by atoms with Gasteiger partial charge in [-0.3, -0.25) is 4.79 Å². The SMILES string of the molecule is CCCC(C)(CO)CO.CCOC(=O)CNC(=O)O.NC(=O)O. The molecule has 7 N–H and O–H groups in total. The van der Waals surface area contributed by atoms with Gasteiger partial charge in [0.05, 0.1) is 19.8 Å². The summed E-state index contributed by atoms with van der Waals surface area (Å²) in [4.78, 5) is 29.0. The summed E-state index contributed by atoms with van der Waals surface area (Å²) < 4.78 is 4.43. The summed E-state index contributed by atoms with van der Waals surface area (Å²) in [6, 6.07) is 0. The molecule has 0 aromatic carbocycles. The lowest BCUT2D eigenvalue weighted by atomic mass is 9.88. The molecule has 138 valence electrons. The van der Waals surface area contributed by atoms with Gasteiger partial charge in [0.25, 0.3) is 0 Å². The zero-order valence-electron chi connectivity index (χ0n) is 13.7. The third-order valence-electron chi connectivity index (χ3n) is 2.31. The van der Waals surface area contributed by atoms with Crippen molar-refractivity contribution in [3.63, 3.8) is 0 Å². The van der Waals surface area contributed by atoms with Crippen LogP contribution in [0.5, 0.6) is 0 Å². The van der Waals surface area contributed by atoms with E-state index < -0.39 is 18.2 Å². The maximum absolute atomic E-state index is 10.4. The summed E-state index contributed by atoms with van der Waals surface area (Å²) in [6.45, 7) is 5.72. The molecule has 0 saturated heterocycles. The van der Waals surface area contributed by atoms with E-state index in [1.807, 2.05) is 19.2 Å². The van der Waals surface area contributed by atoms with Crippen LogP contribution in [0.2, 0.25) is 0 Å². The number of ether oxygens (including phenoxy) is 1. The van der Waals surface area contributed by atoms with E-state index in [-0.39, 0.29) is 31.8 Å². The molecular formula is C13H28N2O8. The summed E-state index contributed by atoms with van der Waals surface area (Å²) in [5.41, 5.74) is 3.77. The minimum atomic E-state index is -1.33. The lowest BCUT2D eigenvalue weighted by Gasteiger charge is -2.23. The minimum Gasteiger partial charge on any atom is -0.465 e. The highest BCUT2D eigenvalue weighted by molar-refractivity contribution is 5.76. The Bertz CT molecular complexity index is 328. The summed E-state index contributed by atoms with van der Waals surface area (Å²) in [7, 11) is 0. The van der Waals surface area contributed by atoms with Crippen molar-refractivity contribution in [3.05, 3.63) is 0 Å². The highest BCUT2D eigenvalue weighted by Gasteiger charge is 2.20. The molecule has 0 rings (SSSR count). The minimum absolute atomic E-state index is 0.0807. The summed E-state index contributed by atoms with van der Waals surface area (Å²) in [5, 5.41) is 34.6. The molecule has 10 nitrogen and oxygen atoms in total. The quantitative estimate of drug-likeness (QED) is 0.356. The van der Waals surface area contributed by atoms with Crippen LogP contribution in [0.1, 0.15) is 33.6 Å². The fourth-order valence-corrected chi connectivity index (χ4v) is 1.17. The third kappa shape index (κ3) is 25.2. The normalized spacial score (nSPS) is 9.43. The third-order valence-corrected chi connectivity index (χ3v) is 2.31. The first-order chi connectivity index (χ1) is 10.6. The molecule has 0 aromatic rings. The Morgan fingerprint density at radius 3 is 1.78 bits per heavy atom. The molecule has 23 heavy (non-hydrogen) atoms. The first-order valence-corrected chi connectivity index (χ1v) is 6.91. The van der Waals surface area contributed by atoms with Crippen molar-refractivity contribution in [3.8, 4) is 0 Å². The molecular weight excluding hydrogens is 312 g/mol. The fourth-order valence-electron chi connectivity index (χ4n) is 1.17. The van der Waals surface area contributed by atoms with Gasteiger partial charge in [-0.05, 0) is 13.3 Å². The van der Waals surface area contributed by atoms with E-state index in [0.717, 1.165) is 12.8 Å². The van der Waals surface area contributed by atoms with E-state index in [0.29, 0.717) is 0 Å². The number of aliphatic hydroxyl groups is 2. The van der Waals surface area contributed by atoms with E-state index >= 15 is 0 Å². The van der Waals surface area contributed by atoms with Gasteiger partial charge in [0.1, 0.15) is 6.54 Å². The Labute approximate surface area is 135 Å². The van der Waals surface area contributed by atoms with Crippen LogP contribution in [0.15, 0.2) is 0 Å². The smallest absolute Gasteiger partial charge is 0.405 e. The van der Waals surface area contributed by atoms with E-state index in [2.05, 4.69) is 10.5 Å². The number of hydrogen-bond acceptors (Lipinski definition) is 6. The molecule has 0 spiro atoms. The largest absolute Gasteiger partial charge is 0.465 e. The zero-order valence-corrected chi connectivity index (χ0v) is 13.7. The van der Waals surface area contributed by atoms with Crippen LogP contribution in [0.25, 0.3) is 0 Å². The van der Waals surface area contributed by atoms with E-state index in [9.17, 15) is 9.59 Å². The number of carbonyl (C=O) groups is 3. The van der Waals surface area contributed by atoms with Crippen LogP contribution in [0, 0.1) is 5.41 Å². The molecule has 2 amide bonds. The van der Waals surface area contributed by atoms with Crippen molar-refractivity contribution in [2.24, 2.45) is 11.1 Å². The van der Waals surface area contributed by atoms with E-state index in [1.165, 1.54) is 0 Å². The van der Waals surface area contributed by atoms with Crippen molar-refractivity contribution in [2.75, 3.05) is 26.4 Å². The second-order valence-electron chi connectivity index (χ2n) is 4.68. The Balaban J connectivity index is -0.000000284. The average Bonchev–Trinajstić information content (AvgIpc) is 2.46. The maximum atomic E-state index is 10.4. The van der Waals surface area contributed by atoms with Gasteiger partial charge >= 0.3 is 18.2 Å². The molecule has 10 heteroatoms. The van der Waals surface area contributed by atoms with Gasteiger partial charge in [-0.25, -0.2) is 9.59 Å². The first kappa shape index (κ1) is 25.9. The van der Waals surface area contributed by atoms with Crippen LogP contribution >= 0.6 is 0 Å². The number of rotatable bonds is 7. The second-order valence-corrected chi connectivity index (χ2v) is 4.68. The number of amides is 2. The molecule has 0 atom stereocenters. The predicted molar refractivity (Wildman–Crippen MR) is 82.1 cm³/mol. The van der Waals surface area contributed by atoms with Gasteiger partial charge in [-0.1, -0.05) is 20.3 Å². The van der Waals surface area contributed by atoms with Crippen molar-refractivity contribution in [1.82, 2.24) is 5.32 Å². The summed E-state index contributed by atoms with van der Waals surface area (Å²) in [6.07, 6.45) is -0.662. The second kappa shape index (κ2) is 16.3. The monoisotopic (exact) mass is 340 g/mol. The predicted octanol–water partition coefficient (Wildman–Crippen LogP) is 0.218. The van der Waals surface area contributed by atoms with E-state index in [4.69, 9.17) is 25.2 Å². The fraction of sp³-hybridized carbons (Fsp3) is 0.769. The highest BCUT2D eigenvalue weighted by atomic mass is 16.5. The number of carboxylic acid groups (broad SMARTS) is 2. The lowest BCUT2D eigenvalue weighted by Crippen LogP contribution is -2.28. The number of esters is 1. The molecule has 0 aliphatic heterocycles. The van der Waals surface area contributed by atoms with Crippen LogP contribution < -0.4 is 11.1 Å². The molecule has 0 saturated carbocycles. The Hall–Kier alpha value is -2.07. The van der Waals surface area contributed by atoms with Crippen molar-refractivity contribution in [2.45, 2.75) is 33.6 Å². The summed E-state index contributed by atoms with van der Waals surface area (Å²) in [5.74, 6) is -0.565. The van der Waals surface area contributed by atoms with Crippen molar-refractivity contribution in [1.29, 1.82) is 0 Å². The number of aliphatic hydroxyl groups excluding tert-OH is 2. The average molecular weight is 340 g/mol. The molecule has 0 aliphatic carbocycles. The van der Waals surface area contributed by atoms with Gasteiger partial charge in [-0.15, -0.1) is 0 Å². The molecule has 0 aromatic heterocycles. The van der Waals surface area contributed by atoms with Crippen LogP contribution in [0.3, 0.4) is 0 Å². The molecule has 0 fully saturated rings. The standard InChI is InChI=1S/C7H16O2.C5H9NO4.CH3NO2/c1-3-4-7(2,5-8)6-9;1-2-10-4(7)3-6-5(8)9;2-1(3)4/h8-9H,3-6H2,1-2H3;6H,2-3H2,1H3,(H,8,9);2H2,(H,3,4). The number of nitrogens with one attached hydrogen (secondary N) is 1. The number of nitrogens with two attached hydrogens (primary N) is 1. The van der Waals surface area contributed by atoms with Crippen LogP contribution in [-0.2, 0) is 9.53 Å². The van der Waals surface area contributed by atoms with Crippen LogP contribution in [-0.4, -0.2) is 64.9 Å². The van der Waals surface area contributed by atoms with Gasteiger partial charge in [0, 0.05) is 5.41 Å². The molecule has 0 bridgehead atoms. The van der Waals surface area contributed by atoms with Crippen molar-refractivity contribution >= 4 is 18.2 Å². The van der Waals surface area contributed by atoms with Gasteiger partial charge in [-0.2, -0.15) is 0 Å². The lowest BCUT2D eigenvalue weighted by molar-refractivity contribution is -0.141. The maximum Gasteiger partial charge on any atom is 0.405 e. The first-order valence-electron chi connectivity index (χ1n) is 6.91. The number of carbonyl (C=O) groups excluding carboxylic acids is 1. The topological polar surface area (TPSA) is 179 Å². The van der Waals surface area contributed by atoms with E-state index in [1.54, 1.807) is 6.92 Å². The van der Waals surface area contributed by atoms with Gasteiger partial charge in [0.2, 0.25) is 0 Å². The zero-order chi connectivity index (χ0) is 18.9. The molecule has 0 aliphatic rings. The number of hydrogen-bond donors (Lipinski definition) is 6.